The molecule has 19 heavy (non-hydrogen) atoms. The van der Waals surface area contributed by atoms with E-state index >= 15 is 0 Å². The number of hydrogen-bond acceptors (Lipinski definition) is 5. The third-order valence-electron chi connectivity index (χ3n) is 4.08. The highest BCUT2D eigenvalue weighted by atomic mass is 16.8. The van der Waals surface area contributed by atoms with Crippen molar-refractivity contribution in [1.82, 2.24) is 0 Å². The highest BCUT2D eigenvalue weighted by Gasteiger charge is 2.50. The van der Waals surface area contributed by atoms with Gasteiger partial charge < -0.3 is 18.9 Å². The molecule has 2 fully saturated rings. The quantitative estimate of drug-likeness (QED) is 0.675. The molecule has 5 nitrogen and oxygen atoms in total. The lowest BCUT2D eigenvalue weighted by Gasteiger charge is -2.44. The summed E-state index contributed by atoms with van der Waals surface area (Å²) in [5.41, 5.74) is -0.400. The van der Waals surface area contributed by atoms with Crippen molar-refractivity contribution in [3.05, 3.63) is 12.2 Å². The maximum Gasteiger partial charge on any atom is 0.330 e. The van der Waals surface area contributed by atoms with E-state index in [4.69, 9.17) is 18.9 Å². The second-order valence-corrected chi connectivity index (χ2v) is 6.09. The van der Waals surface area contributed by atoms with E-state index < -0.39 is 11.4 Å². The molecule has 3 aliphatic heterocycles. The minimum atomic E-state index is -0.553. The van der Waals surface area contributed by atoms with Gasteiger partial charge in [-0.1, -0.05) is 0 Å². The highest BCUT2D eigenvalue weighted by Crippen LogP contribution is 2.40. The first kappa shape index (κ1) is 13.1. The fourth-order valence-corrected chi connectivity index (χ4v) is 2.91. The van der Waals surface area contributed by atoms with Gasteiger partial charge in [0.05, 0.1) is 12.2 Å². The summed E-state index contributed by atoms with van der Waals surface area (Å²) in [5.74, 6) is -0.835. The molecule has 0 aromatic heterocycles. The van der Waals surface area contributed by atoms with Crippen LogP contribution in [0, 0.1) is 0 Å². The molecule has 0 aromatic rings. The number of hydrogen-bond donors (Lipinski definition) is 0. The van der Waals surface area contributed by atoms with Gasteiger partial charge in [-0.3, -0.25) is 0 Å². The Bertz CT molecular complexity index is 416. The van der Waals surface area contributed by atoms with E-state index in [0.717, 1.165) is 12.8 Å². The van der Waals surface area contributed by atoms with Crippen molar-refractivity contribution >= 4 is 5.97 Å². The van der Waals surface area contributed by atoms with E-state index in [0.29, 0.717) is 6.61 Å². The lowest BCUT2D eigenvalue weighted by molar-refractivity contribution is -0.223. The third kappa shape index (κ3) is 2.42. The van der Waals surface area contributed by atoms with Crippen molar-refractivity contribution in [1.29, 1.82) is 0 Å². The molecule has 3 aliphatic rings. The Hall–Kier alpha value is -0.910. The molecule has 0 N–H and O–H groups in total. The molecule has 4 atom stereocenters. The second-order valence-electron chi connectivity index (χ2n) is 6.09. The standard InChI is InChI=1S/C14H20O5/c1-13(2)16-8-11(19-13)14(3)7-6-9-10(18-14)4-5-12(15)17-9/h4-5,9-11H,6-8H2,1-3H3/t9-,10+,11+,14-/m0/s1. The molecule has 0 aromatic carbocycles. The van der Waals surface area contributed by atoms with Gasteiger partial charge in [0.15, 0.2) is 5.79 Å². The molecule has 0 bridgehead atoms. The first-order chi connectivity index (χ1) is 8.88. The van der Waals surface area contributed by atoms with Crippen LogP contribution < -0.4 is 0 Å². The maximum absolute atomic E-state index is 11.2. The Morgan fingerprint density at radius 1 is 1.26 bits per heavy atom. The molecule has 2 saturated heterocycles. The summed E-state index contributed by atoms with van der Waals surface area (Å²) in [4.78, 5) is 11.2. The van der Waals surface area contributed by atoms with Crippen LogP contribution in [0.3, 0.4) is 0 Å². The molecule has 5 heteroatoms. The van der Waals surface area contributed by atoms with Crippen LogP contribution in [0.25, 0.3) is 0 Å². The van der Waals surface area contributed by atoms with Crippen LogP contribution in [-0.2, 0) is 23.7 Å². The van der Waals surface area contributed by atoms with E-state index in [9.17, 15) is 4.79 Å². The van der Waals surface area contributed by atoms with E-state index in [-0.39, 0.29) is 24.3 Å². The molecule has 0 radical (unpaired) electrons. The van der Waals surface area contributed by atoms with Crippen molar-refractivity contribution in [2.45, 2.75) is 63.3 Å². The van der Waals surface area contributed by atoms with Gasteiger partial charge in [-0.05, 0) is 39.7 Å². The first-order valence-corrected chi connectivity index (χ1v) is 6.76. The number of carbonyl (C=O) groups is 1. The van der Waals surface area contributed by atoms with Crippen LogP contribution in [0.15, 0.2) is 12.2 Å². The fourth-order valence-electron chi connectivity index (χ4n) is 2.91. The SMILES string of the molecule is CC1(C)OC[C@H]([C@]2(C)CC[C@@H]3OC(=O)C=C[C@H]3O2)O1. The molecular weight excluding hydrogens is 248 g/mol. The largest absolute Gasteiger partial charge is 0.456 e. The molecule has 3 heterocycles. The molecule has 0 spiro atoms. The zero-order valence-electron chi connectivity index (χ0n) is 11.5. The number of rotatable bonds is 1. The lowest BCUT2D eigenvalue weighted by atomic mass is 9.86. The number of carbonyl (C=O) groups excluding carboxylic acids is 1. The zero-order chi connectivity index (χ0) is 13.7. The van der Waals surface area contributed by atoms with E-state index in [1.54, 1.807) is 6.08 Å². The Morgan fingerprint density at radius 2 is 2.05 bits per heavy atom. The van der Waals surface area contributed by atoms with Crippen LogP contribution in [-0.4, -0.2) is 42.3 Å². The van der Waals surface area contributed by atoms with Crippen molar-refractivity contribution in [2.75, 3.05) is 6.61 Å². The smallest absolute Gasteiger partial charge is 0.330 e. The van der Waals surface area contributed by atoms with Crippen LogP contribution in [0.4, 0.5) is 0 Å². The minimum absolute atomic E-state index is 0.0884. The molecule has 0 aliphatic carbocycles. The number of esters is 1. The summed E-state index contributed by atoms with van der Waals surface area (Å²) >= 11 is 0. The topological polar surface area (TPSA) is 54.0 Å². The Balaban J connectivity index is 1.73. The first-order valence-electron chi connectivity index (χ1n) is 6.76. The zero-order valence-corrected chi connectivity index (χ0v) is 11.5. The Labute approximate surface area is 112 Å². The molecule has 0 saturated carbocycles. The van der Waals surface area contributed by atoms with Crippen LogP contribution in [0.1, 0.15) is 33.6 Å². The molecule has 106 valence electrons. The van der Waals surface area contributed by atoms with Gasteiger partial charge in [-0.15, -0.1) is 0 Å². The van der Waals surface area contributed by atoms with Crippen LogP contribution >= 0.6 is 0 Å². The molecular formula is C14H20O5. The summed E-state index contributed by atoms with van der Waals surface area (Å²) in [6.45, 7) is 6.39. The van der Waals surface area contributed by atoms with E-state index in [2.05, 4.69) is 0 Å². The van der Waals surface area contributed by atoms with Gasteiger partial charge in [-0.2, -0.15) is 0 Å². The van der Waals surface area contributed by atoms with Crippen LogP contribution in [0.5, 0.6) is 0 Å². The fraction of sp³-hybridized carbons (Fsp3) is 0.786. The minimum Gasteiger partial charge on any atom is -0.456 e. The van der Waals surface area contributed by atoms with Gasteiger partial charge in [0, 0.05) is 6.08 Å². The summed E-state index contributed by atoms with van der Waals surface area (Å²) in [5, 5.41) is 0. The van der Waals surface area contributed by atoms with Crippen molar-refractivity contribution in [2.24, 2.45) is 0 Å². The van der Waals surface area contributed by atoms with Gasteiger partial charge in [0.2, 0.25) is 0 Å². The van der Waals surface area contributed by atoms with Crippen molar-refractivity contribution < 1.29 is 23.7 Å². The highest BCUT2D eigenvalue weighted by molar-refractivity contribution is 5.83. The molecule has 0 amide bonds. The van der Waals surface area contributed by atoms with Gasteiger partial charge in [-0.25, -0.2) is 4.79 Å². The third-order valence-corrected chi connectivity index (χ3v) is 4.08. The lowest BCUT2D eigenvalue weighted by Crippen LogP contribution is -2.54. The summed E-state index contributed by atoms with van der Waals surface area (Å²) < 4.78 is 22.9. The summed E-state index contributed by atoms with van der Waals surface area (Å²) in [7, 11) is 0. The van der Waals surface area contributed by atoms with Gasteiger partial charge in [0.25, 0.3) is 0 Å². The van der Waals surface area contributed by atoms with E-state index in [1.807, 2.05) is 20.8 Å². The summed E-state index contributed by atoms with van der Waals surface area (Å²) in [6, 6.07) is 0. The average Bonchev–Trinajstić information content (AvgIpc) is 2.71. The summed E-state index contributed by atoms with van der Waals surface area (Å²) in [6.07, 6.45) is 4.37. The molecule has 0 unspecified atom stereocenters. The number of ether oxygens (including phenoxy) is 4. The predicted molar refractivity (Wildman–Crippen MR) is 66.4 cm³/mol. The average molecular weight is 268 g/mol. The second kappa shape index (κ2) is 4.30. The van der Waals surface area contributed by atoms with Crippen molar-refractivity contribution in [3.8, 4) is 0 Å². The monoisotopic (exact) mass is 268 g/mol. The van der Waals surface area contributed by atoms with Gasteiger partial charge >= 0.3 is 5.97 Å². The van der Waals surface area contributed by atoms with Crippen LogP contribution in [0.2, 0.25) is 0 Å². The number of fused-ring (bicyclic) bond motifs is 1. The predicted octanol–water partition coefficient (Wildman–Crippen LogP) is 1.56. The van der Waals surface area contributed by atoms with E-state index in [1.165, 1.54) is 6.08 Å². The van der Waals surface area contributed by atoms with Crippen molar-refractivity contribution in [3.63, 3.8) is 0 Å². The normalized spacial score (nSPS) is 44.8. The Kier molecular flexibility index (Phi) is 2.96. The molecule has 3 rings (SSSR count). The maximum atomic E-state index is 11.2. The van der Waals surface area contributed by atoms with Gasteiger partial charge in [0.1, 0.15) is 18.3 Å². The Morgan fingerprint density at radius 3 is 2.74 bits per heavy atom.